The molecule has 180 valence electrons. The Morgan fingerprint density at radius 3 is 2.61 bits per heavy atom. The van der Waals surface area contributed by atoms with Crippen LogP contribution in [0, 0.1) is 11.8 Å². The van der Waals surface area contributed by atoms with Gasteiger partial charge in [0.15, 0.2) is 22.5 Å². The number of hydrogen-bond acceptors (Lipinski definition) is 8. The first-order valence-corrected chi connectivity index (χ1v) is 11.0. The molecular formula is C20H25F3N6O3S. The number of imidazole rings is 1. The predicted molar refractivity (Wildman–Crippen MR) is 118 cm³/mol. The number of anilines is 1. The number of nitrogens with zero attached hydrogens (tertiary/aromatic N) is 5. The minimum atomic E-state index is -5.13. The molecule has 1 fully saturated rings. The van der Waals surface area contributed by atoms with E-state index in [1.165, 1.54) is 25.8 Å². The summed E-state index contributed by atoms with van der Waals surface area (Å²) in [5.41, 5.74) is -0.0347. The maximum Gasteiger partial charge on any atom is 0.491 e. The zero-order valence-corrected chi connectivity index (χ0v) is 19.7. The summed E-state index contributed by atoms with van der Waals surface area (Å²) in [5.74, 6) is 3.47. The van der Waals surface area contributed by atoms with Crippen molar-refractivity contribution in [3.8, 4) is 11.8 Å². The average molecular weight is 487 g/mol. The number of fused-ring (bicyclic) bond motifs is 1. The zero-order valence-electron chi connectivity index (χ0n) is 18.9. The molecule has 0 aliphatic carbocycles. The number of nitrogens with one attached hydrogen (secondary N) is 1. The number of esters is 1. The molecule has 2 aromatic rings. The molecule has 0 spiro atoms. The molecule has 0 bridgehead atoms. The van der Waals surface area contributed by atoms with Crippen LogP contribution in [0.25, 0.3) is 11.2 Å². The van der Waals surface area contributed by atoms with E-state index in [0.29, 0.717) is 11.7 Å². The molecule has 0 saturated carbocycles. The highest BCUT2D eigenvalue weighted by molar-refractivity contribution is 8.00. The van der Waals surface area contributed by atoms with E-state index in [9.17, 15) is 22.8 Å². The number of thioether (sulfide) groups is 1. The van der Waals surface area contributed by atoms with Crippen LogP contribution in [0.1, 0.15) is 27.7 Å². The minimum absolute atomic E-state index is 0.0406. The second-order valence-corrected chi connectivity index (χ2v) is 10.1. The first-order valence-electron chi connectivity index (χ1n) is 10.1. The largest absolute Gasteiger partial charge is 0.491 e. The number of piperazine rings is 1. The van der Waals surface area contributed by atoms with Crippen molar-refractivity contribution in [2.75, 3.05) is 24.5 Å². The molecule has 13 heteroatoms. The van der Waals surface area contributed by atoms with Crippen molar-refractivity contribution in [3.05, 3.63) is 10.4 Å². The summed E-state index contributed by atoms with van der Waals surface area (Å²) in [6, 6.07) is 0. The lowest BCUT2D eigenvalue weighted by atomic mass is 10.3. The number of rotatable bonds is 4. The number of aromatic nitrogens is 4. The Morgan fingerprint density at radius 2 is 2.00 bits per heavy atom. The number of hydrogen-bond donors (Lipinski definition) is 1. The Balaban J connectivity index is 2.15. The Bertz CT molecular complexity index is 1170. The molecule has 1 unspecified atom stereocenters. The first kappa shape index (κ1) is 24.9. The highest BCUT2D eigenvalue weighted by atomic mass is 32.2. The molecule has 1 N–H and O–H groups in total. The molecule has 1 saturated heterocycles. The van der Waals surface area contributed by atoms with Gasteiger partial charge in [-0.1, -0.05) is 38.5 Å². The van der Waals surface area contributed by atoms with E-state index in [1.54, 1.807) is 14.0 Å². The maximum atomic E-state index is 13.2. The van der Waals surface area contributed by atoms with Crippen LogP contribution in [-0.4, -0.2) is 61.9 Å². The molecule has 33 heavy (non-hydrogen) atoms. The Labute approximate surface area is 192 Å². The average Bonchev–Trinajstić information content (AvgIpc) is 3.07. The zero-order chi connectivity index (χ0) is 24.6. The summed E-state index contributed by atoms with van der Waals surface area (Å²) in [6.45, 7) is 8.21. The molecular weight excluding hydrogens is 461 g/mol. The van der Waals surface area contributed by atoms with Crippen LogP contribution in [0.4, 0.5) is 19.1 Å². The van der Waals surface area contributed by atoms with Gasteiger partial charge in [0, 0.05) is 24.9 Å². The third-order valence-corrected chi connectivity index (χ3v) is 5.82. The second kappa shape index (κ2) is 9.26. The fourth-order valence-corrected chi connectivity index (χ4v) is 4.12. The highest BCUT2D eigenvalue weighted by Gasteiger charge is 2.44. The van der Waals surface area contributed by atoms with Gasteiger partial charge < -0.3 is 15.0 Å². The number of carbonyl (C=O) groups is 1. The van der Waals surface area contributed by atoms with E-state index in [1.807, 2.05) is 20.8 Å². The SMILES string of the molecule is CC#CCn1c(N2CCNCC2OC(=O)C(F)(F)F)nc2nc(SC(C)(C)C)n(C)c(=O)c21. The number of halogens is 3. The van der Waals surface area contributed by atoms with Gasteiger partial charge in [0.05, 0.1) is 13.1 Å². The predicted octanol–water partition coefficient (Wildman–Crippen LogP) is 1.89. The van der Waals surface area contributed by atoms with E-state index in [-0.39, 0.29) is 47.1 Å². The lowest BCUT2D eigenvalue weighted by Crippen LogP contribution is -2.55. The summed E-state index contributed by atoms with van der Waals surface area (Å²) in [5, 5.41) is 3.36. The molecule has 1 aliphatic heterocycles. The van der Waals surface area contributed by atoms with Gasteiger partial charge >= 0.3 is 12.1 Å². The van der Waals surface area contributed by atoms with Crippen molar-refractivity contribution in [1.29, 1.82) is 0 Å². The Kier molecular flexibility index (Phi) is 6.99. The number of alkyl halides is 3. The molecule has 0 amide bonds. The van der Waals surface area contributed by atoms with E-state index in [0.717, 1.165) is 0 Å². The van der Waals surface area contributed by atoms with Gasteiger partial charge in [0.2, 0.25) is 5.95 Å². The van der Waals surface area contributed by atoms with Crippen molar-refractivity contribution >= 4 is 34.8 Å². The smallest absolute Gasteiger partial charge is 0.433 e. The van der Waals surface area contributed by atoms with Gasteiger partial charge in [-0.2, -0.15) is 18.2 Å². The molecule has 1 atom stereocenters. The van der Waals surface area contributed by atoms with E-state index >= 15 is 0 Å². The van der Waals surface area contributed by atoms with Crippen LogP contribution in [0.15, 0.2) is 9.95 Å². The summed E-state index contributed by atoms with van der Waals surface area (Å²) in [6.07, 6.45) is -6.40. The number of carbonyl (C=O) groups excluding carboxylic acids is 1. The molecule has 1 aliphatic rings. The standard InChI is InChI=1S/C20H25F3N6O3S/c1-6-7-9-29-13-14(26-18(27(5)15(13)30)33-19(2,3)4)25-17(29)28-10-8-24-11-12(28)32-16(31)20(21,22)23/h12,24H,8-11H2,1-5H3. The lowest BCUT2D eigenvalue weighted by Gasteiger charge is -2.36. The highest BCUT2D eigenvalue weighted by Crippen LogP contribution is 2.31. The minimum Gasteiger partial charge on any atom is -0.433 e. The van der Waals surface area contributed by atoms with Crippen molar-refractivity contribution in [2.45, 2.75) is 56.5 Å². The van der Waals surface area contributed by atoms with E-state index in [2.05, 4.69) is 27.1 Å². The molecule has 2 aromatic heterocycles. The van der Waals surface area contributed by atoms with Crippen LogP contribution in [0.2, 0.25) is 0 Å². The van der Waals surface area contributed by atoms with Crippen LogP contribution < -0.4 is 15.8 Å². The summed E-state index contributed by atoms with van der Waals surface area (Å²) < 4.78 is 45.9. The molecule has 9 nitrogen and oxygen atoms in total. The summed E-state index contributed by atoms with van der Waals surface area (Å²) >= 11 is 1.39. The summed E-state index contributed by atoms with van der Waals surface area (Å²) in [4.78, 5) is 35.2. The quantitative estimate of drug-likeness (QED) is 0.303. The second-order valence-electron chi connectivity index (χ2n) is 8.33. The lowest BCUT2D eigenvalue weighted by molar-refractivity contribution is -0.205. The maximum absolute atomic E-state index is 13.2. The molecule has 0 aromatic carbocycles. The summed E-state index contributed by atoms with van der Waals surface area (Å²) in [7, 11) is 1.60. The Morgan fingerprint density at radius 1 is 1.30 bits per heavy atom. The normalized spacial score (nSPS) is 17.1. The van der Waals surface area contributed by atoms with Gasteiger partial charge in [-0.3, -0.25) is 13.9 Å². The van der Waals surface area contributed by atoms with Crippen LogP contribution in [0.5, 0.6) is 0 Å². The van der Waals surface area contributed by atoms with Crippen molar-refractivity contribution in [1.82, 2.24) is 24.4 Å². The number of ether oxygens (including phenoxy) is 1. The van der Waals surface area contributed by atoms with Crippen LogP contribution in [-0.2, 0) is 23.1 Å². The van der Waals surface area contributed by atoms with Crippen molar-refractivity contribution in [3.63, 3.8) is 0 Å². The molecule has 3 rings (SSSR count). The van der Waals surface area contributed by atoms with Gasteiger partial charge in [-0.15, -0.1) is 5.92 Å². The van der Waals surface area contributed by atoms with Gasteiger partial charge in [0.25, 0.3) is 5.56 Å². The van der Waals surface area contributed by atoms with Crippen LogP contribution >= 0.6 is 11.8 Å². The van der Waals surface area contributed by atoms with E-state index < -0.39 is 18.4 Å². The topological polar surface area (TPSA) is 94.3 Å². The van der Waals surface area contributed by atoms with Gasteiger partial charge in [0.1, 0.15) is 0 Å². The third-order valence-electron chi connectivity index (χ3n) is 4.66. The molecule has 0 radical (unpaired) electrons. The fraction of sp³-hybridized carbons (Fsp3) is 0.600. The van der Waals surface area contributed by atoms with Crippen molar-refractivity contribution in [2.24, 2.45) is 7.05 Å². The monoisotopic (exact) mass is 486 g/mol. The molecule has 3 heterocycles. The van der Waals surface area contributed by atoms with E-state index in [4.69, 9.17) is 4.74 Å². The van der Waals surface area contributed by atoms with Crippen LogP contribution in [0.3, 0.4) is 0 Å². The van der Waals surface area contributed by atoms with Crippen molar-refractivity contribution < 1.29 is 22.7 Å². The Hall–Kier alpha value is -2.72. The third kappa shape index (κ3) is 5.44. The van der Waals surface area contributed by atoms with Gasteiger partial charge in [-0.05, 0) is 6.92 Å². The first-order chi connectivity index (χ1) is 15.3. The van der Waals surface area contributed by atoms with Gasteiger partial charge in [-0.25, -0.2) is 9.78 Å². The fourth-order valence-electron chi connectivity index (χ4n) is 3.23.